The Bertz CT molecular complexity index is 241. The van der Waals surface area contributed by atoms with Crippen LogP contribution in [0.3, 0.4) is 0 Å². The standard InChI is InChI=1S/C13H23NO/c1-11(2)7-6-9-13(3,15)12-8-4-5-10-14-12/h11-12,14-15H,4-5,8-10H2,1-3H3/t12-,13-/m0/s1. The van der Waals surface area contributed by atoms with Crippen LogP contribution >= 0.6 is 0 Å². The fraction of sp³-hybridized carbons (Fsp3) is 0.846. The first-order valence-corrected chi connectivity index (χ1v) is 5.96. The van der Waals surface area contributed by atoms with Crippen molar-refractivity contribution in [2.24, 2.45) is 5.92 Å². The highest BCUT2D eigenvalue weighted by Gasteiger charge is 2.31. The maximum atomic E-state index is 10.3. The van der Waals surface area contributed by atoms with Gasteiger partial charge in [0.05, 0.1) is 5.60 Å². The zero-order chi connectivity index (χ0) is 11.3. The van der Waals surface area contributed by atoms with Crippen molar-refractivity contribution in [3.63, 3.8) is 0 Å². The predicted octanol–water partition coefficient (Wildman–Crippen LogP) is 1.93. The minimum Gasteiger partial charge on any atom is -0.388 e. The van der Waals surface area contributed by atoms with E-state index in [2.05, 4.69) is 31.0 Å². The highest BCUT2D eigenvalue weighted by atomic mass is 16.3. The maximum Gasteiger partial charge on any atom is 0.0880 e. The van der Waals surface area contributed by atoms with Crippen LogP contribution in [0.1, 0.15) is 46.5 Å². The summed E-state index contributed by atoms with van der Waals surface area (Å²) in [5, 5.41) is 13.7. The fourth-order valence-corrected chi connectivity index (χ4v) is 1.94. The Labute approximate surface area is 93.5 Å². The first-order chi connectivity index (χ1) is 7.02. The predicted molar refractivity (Wildman–Crippen MR) is 63.5 cm³/mol. The molecule has 0 bridgehead atoms. The number of nitrogens with one attached hydrogen (secondary N) is 1. The lowest BCUT2D eigenvalue weighted by Gasteiger charge is -2.35. The van der Waals surface area contributed by atoms with Gasteiger partial charge in [-0.05, 0) is 26.3 Å². The van der Waals surface area contributed by atoms with Crippen molar-refractivity contribution in [1.82, 2.24) is 5.32 Å². The highest BCUT2D eigenvalue weighted by Crippen LogP contribution is 2.21. The van der Waals surface area contributed by atoms with Crippen LogP contribution in [-0.4, -0.2) is 23.3 Å². The van der Waals surface area contributed by atoms with Gasteiger partial charge in [-0.1, -0.05) is 26.2 Å². The molecule has 0 aromatic carbocycles. The second-order valence-corrected chi connectivity index (χ2v) is 5.01. The molecule has 1 rings (SSSR count). The molecular weight excluding hydrogens is 186 g/mol. The molecule has 2 heteroatoms. The quantitative estimate of drug-likeness (QED) is 0.681. The molecule has 0 spiro atoms. The third-order valence-electron chi connectivity index (χ3n) is 2.90. The van der Waals surface area contributed by atoms with Crippen molar-refractivity contribution in [1.29, 1.82) is 0 Å². The van der Waals surface area contributed by atoms with Crippen molar-refractivity contribution in [3.8, 4) is 11.8 Å². The summed E-state index contributed by atoms with van der Waals surface area (Å²) in [7, 11) is 0. The molecule has 0 aromatic heterocycles. The summed E-state index contributed by atoms with van der Waals surface area (Å²) < 4.78 is 0. The van der Waals surface area contributed by atoms with E-state index < -0.39 is 5.60 Å². The molecule has 2 atom stereocenters. The fourth-order valence-electron chi connectivity index (χ4n) is 1.94. The zero-order valence-electron chi connectivity index (χ0n) is 10.1. The molecule has 2 nitrogen and oxygen atoms in total. The van der Waals surface area contributed by atoms with E-state index in [-0.39, 0.29) is 6.04 Å². The molecular formula is C13H23NO. The zero-order valence-corrected chi connectivity index (χ0v) is 10.1. The Morgan fingerprint density at radius 3 is 2.73 bits per heavy atom. The van der Waals surface area contributed by atoms with Gasteiger partial charge in [0.15, 0.2) is 0 Å². The van der Waals surface area contributed by atoms with Crippen LogP contribution in [0.15, 0.2) is 0 Å². The number of hydrogen-bond acceptors (Lipinski definition) is 2. The van der Waals surface area contributed by atoms with E-state index in [1.165, 1.54) is 12.8 Å². The molecule has 1 aliphatic heterocycles. The van der Waals surface area contributed by atoms with E-state index in [1.54, 1.807) is 0 Å². The third kappa shape index (κ3) is 4.24. The van der Waals surface area contributed by atoms with Crippen molar-refractivity contribution >= 4 is 0 Å². The van der Waals surface area contributed by atoms with Crippen LogP contribution < -0.4 is 5.32 Å². The molecule has 1 fully saturated rings. The van der Waals surface area contributed by atoms with E-state index in [1.807, 2.05) is 6.92 Å². The molecule has 1 saturated heterocycles. The minimum absolute atomic E-state index is 0.215. The Balaban J connectivity index is 2.46. The minimum atomic E-state index is -0.678. The van der Waals surface area contributed by atoms with Gasteiger partial charge in [0.25, 0.3) is 0 Å². The van der Waals surface area contributed by atoms with Crippen LogP contribution in [-0.2, 0) is 0 Å². The van der Waals surface area contributed by atoms with Crippen molar-refractivity contribution < 1.29 is 5.11 Å². The Morgan fingerprint density at radius 1 is 1.47 bits per heavy atom. The summed E-state index contributed by atoms with van der Waals surface area (Å²) in [6, 6.07) is 0.215. The molecule has 0 unspecified atom stereocenters. The summed E-state index contributed by atoms with van der Waals surface area (Å²) in [6.45, 7) is 7.06. The summed E-state index contributed by atoms with van der Waals surface area (Å²) in [6.07, 6.45) is 4.08. The molecule has 86 valence electrons. The first-order valence-electron chi connectivity index (χ1n) is 5.96. The van der Waals surface area contributed by atoms with E-state index >= 15 is 0 Å². The van der Waals surface area contributed by atoms with Crippen LogP contribution in [0.4, 0.5) is 0 Å². The van der Waals surface area contributed by atoms with Crippen LogP contribution in [0, 0.1) is 17.8 Å². The van der Waals surface area contributed by atoms with Crippen molar-refractivity contribution in [2.75, 3.05) is 6.54 Å². The molecule has 0 radical (unpaired) electrons. The molecule has 0 aromatic rings. The molecule has 15 heavy (non-hydrogen) atoms. The lowest BCUT2D eigenvalue weighted by molar-refractivity contribution is 0.0147. The summed E-state index contributed by atoms with van der Waals surface area (Å²) in [5.74, 6) is 6.57. The van der Waals surface area contributed by atoms with Gasteiger partial charge in [-0.15, -0.1) is 5.92 Å². The number of hydrogen-bond donors (Lipinski definition) is 2. The number of aliphatic hydroxyl groups is 1. The smallest absolute Gasteiger partial charge is 0.0880 e. The molecule has 1 heterocycles. The molecule has 1 aliphatic rings. The van der Waals surface area contributed by atoms with Gasteiger partial charge in [-0.3, -0.25) is 0 Å². The topological polar surface area (TPSA) is 32.3 Å². The van der Waals surface area contributed by atoms with E-state index in [9.17, 15) is 5.11 Å². The second kappa shape index (κ2) is 5.53. The lowest BCUT2D eigenvalue weighted by atomic mass is 9.87. The second-order valence-electron chi connectivity index (χ2n) is 5.01. The van der Waals surface area contributed by atoms with Crippen molar-refractivity contribution in [3.05, 3.63) is 0 Å². The average Bonchev–Trinajstić information content (AvgIpc) is 2.18. The monoisotopic (exact) mass is 209 g/mol. The maximum absolute atomic E-state index is 10.3. The van der Waals surface area contributed by atoms with Gasteiger partial charge in [-0.25, -0.2) is 0 Å². The largest absolute Gasteiger partial charge is 0.388 e. The first kappa shape index (κ1) is 12.5. The molecule has 0 amide bonds. The summed E-state index contributed by atoms with van der Waals surface area (Å²) in [5.41, 5.74) is -0.678. The van der Waals surface area contributed by atoms with Gasteiger partial charge in [0.2, 0.25) is 0 Å². The van der Waals surface area contributed by atoms with Crippen LogP contribution in [0.2, 0.25) is 0 Å². The SMILES string of the molecule is CC(C)C#CC[C@](C)(O)[C@@H]1CCCCN1. The average molecular weight is 209 g/mol. The van der Waals surface area contributed by atoms with E-state index in [0.717, 1.165) is 13.0 Å². The molecule has 0 saturated carbocycles. The van der Waals surface area contributed by atoms with Crippen LogP contribution in [0.5, 0.6) is 0 Å². The summed E-state index contributed by atoms with van der Waals surface area (Å²) in [4.78, 5) is 0. The number of piperidine rings is 1. The normalized spacial score (nSPS) is 25.5. The van der Waals surface area contributed by atoms with Gasteiger partial charge >= 0.3 is 0 Å². The highest BCUT2D eigenvalue weighted by molar-refractivity contribution is 5.07. The molecule has 2 N–H and O–H groups in total. The van der Waals surface area contributed by atoms with Crippen LogP contribution in [0.25, 0.3) is 0 Å². The van der Waals surface area contributed by atoms with E-state index in [0.29, 0.717) is 12.3 Å². The Morgan fingerprint density at radius 2 is 2.20 bits per heavy atom. The van der Waals surface area contributed by atoms with Gasteiger partial charge in [0.1, 0.15) is 0 Å². The van der Waals surface area contributed by atoms with Gasteiger partial charge in [-0.2, -0.15) is 0 Å². The van der Waals surface area contributed by atoms with E-state index in [4.69, 9.17) is 0 Å². The summed E-state index contributed by atoms with van der Waals surface area (Å²) >= 11 is 0. The van der Waals surface area contributed by atoms with Crippen molar-refractivity contribution in [2.45, 2.75) is 58.1 Å². The lowest BCUT2D eigenvalue weighted by Crippen LogP contribution is -2.50. The Kier molecular flexibility index (Phi) is 4.63. The number of rotatable bonds is 2. The van der Waals surface area contributed by atoms with Gasteiger partial charge < -0.3 is 10.4 Å². The Hall–Kier alpha value is -0.520. The van der Waals surface area contributed by atoms with Gasteiger partial charge in [0, 0.05) is 18.4 Å². The third-order valence-corrected chi connectivity index (χ3v) is 2.90. The molecule has 0 aliphatic carbocycles.